The SMILES string of the molecule is O=C(CN1C[C@@H](c2ccccc2)CC1=O)N/N=C\c1cccc(OCc2ccccc2Cl)c1. The first-order valence-corrected chi connectivity index (χ1v) is 11.1. The number of halogens is 1. The Hall–Kier alpha value is -3.64. The number of nitrogens with one attached hydrogen (secondary N) is 1. The van der Waals surface area contributed by atoms with Crippen LogP contribution in [0.2, 0.25) is 5.02 Å². The molecule has 1 aliphatic rings. The molecule has 1 N–H and O–H groups in total. The van der Waals surface area contributed by atoms with Gasteiger partial charge in [0.25, 0.3) is 5.91 Å². The Balaban J connectivity index is 1.27. The quantitative estimate of drug-likeness (QED) is 0.399. The van der Waals surface area contributed by atoms with Crippen LogP contribution in [0.5, 0.6) is 5.75 Å². The first-order chi connectivity index (χ1) is 16.1. The Bertz CT molecular complexity index is 1150. The van der Waals surface area contributed by atoms with Crippen LogP contribution < -0.4 is 10.2 Å². The number of hydrogen-bond acceptors (Lipinski definition) is 4. The summed E-state index contributed by atoms with van der Waals surface area (Å²) in [5.74, 6) is 0.425. The summed E-state index contributed by atoms with van der Waals surface area (Å²) in [7, 11) is 0. The fourth-order valence-electron chi connectivity index (χ4n) is 3.72. The molecule has 0 unspecified atom stereocenters. The van der Waals surface area contributed by atoms with E-state index in [0.29, 0.717) is 30.3 Å². The van der Waals surface area contributed by atoms with Crippen molar-refractivity contribution in [1.29, 1.82) is 0 Å². The van der Waals surface area contributed by atoms with Gasteiger partial charge in [0.05, 0.1) is 6.21 Å². The number of hydrogen-bond donors (Lipinski definition) is 1. The molecule has 4 rings (SSSR count). The summed E-state index contributed by atoms with van der Waals surface area (Å²) in [5.41, 5.74) is 5.28. The number of carbonyl (C=O) groups is 2. The smallest absolute Gasteiger partial charge is 0.259 e. The molecule has 168 valence electrons. The number of likely N-dealkylation sites (tertiary alicyclic amines) is 1. The summed E-state index contributed by atoms with van der Waals surface area (Å²) in [4.78, 5) is 26.2. The number of hydrazone groups is 1. The summed E-state index contributed by atoms with van der Waals surface area (Å²) in [6.07, 6.45) is 1.96. The summed E-state index contributed by atoms with van der Waals surface area (Å²) in [6.45, 7) is 0.871. The zero-order valence-corrected chi connectivity index (χ0v) is 18.7. The molecule has 1 heterocycles. The maximum absolute atomic E-state index is 12.3. The minimum atomic E-state index is -0.334. The molecule has 33 heavy (non-hydrogen) atoms. The van der Waals surface area contributed by atoms with Crippen LogP contribution in [0.4, 0.5) is 0 Å². The van der Waals surface area contributed by atoms with E-state index in [1.165, 1.54) is 0 Å². The number of rotatable bonds is 8. The van der Waals surface area contributed by atoms with E-state index >= 15 is 0 Å². The van der Waals surface area contributed by atoms with Crippen molar-refractivity contribution in [1.82, 2.24) is 10.3 Å². The highest BCUT2D eigenvalue weighted by molar-refractivity contribution is 6.31. The lowest BCUT2D eigenvalue weighted by Gasteiger charge is -2.15. The van der Waals surface area contributed by atoms with Crippen molar-refractivity contribution in [2.75, 3.05) is 13.1 Å². The van der Waals surface area contributed by atoms with Crippen LogP contribution in [0.1, 0.15) is 29.0 Å². The van der Waals surface area contributed by atoms with Gasteiger partial charge >= 0.3 is 0 Å². The molecule has 0 saturated carbocycles. The van der Waals surface area contributed by atoms with Crippen molar-refractivity contribution in [3.63, 3.8) is 0 Å². The van der Waals surface area contributed by atoms with Gasteiger partial charge in [-0.3, -0.25) is 9.59 Å². The van der Waals surface area contributed by atoms with Crippen LogP contribution in [0.3, 0.4) is 0 Å². The lowest BCUT2D eigenvalue weighted by molar-refractivity contribution is -0.133. The highest BCUT2D eigenvalue weighted by Gasteiger charge is 2.31. The van der Waals surface area contributed by atoms with Gasteiger partial charge in [0, 0.05) is 29.5 Å². The van der Waals surface area contributed by atoms with Crippen LogP contribution >= 0.6 is 11.6 Å². The minimum absolute atomic E-state index is 0.0134. The van der Waals surface area contributed by atoms with Crippen LogP contribution in [0.15, 0.2) is 84.0 Å². The zero-order chi connectivity index (χ0) is 23.0. The van der Waals surface area contributed by atoms with E-state index in [-0.39, 0.29) is 24.3 Å². The van der Waals surface area contributed by atoms with Gasteiger partial charge in [-0.25, -0.2) is 5.43 Å². The Labute approximate surface area is 197 Å². The Kier molecular flexibility index (Phi) is 7.37. The highest BCUT2D eigenvalue weighted by atomic mass is 35.5. The van der Waals surface area contributed by atoms with E-state index in [1.54, 1.807) is 11.1 Å². The number of ether oxygens (including phenoxy) is 1. The molecule has 1 fully saturated rings. The fraction of sp³-hybridized carbons (Fsp3) is 0.192. The second kappa shape index (κ2) is 10.8. The molecule has 1 saturated heterocycles. The summed E-state index contributed by atoms with van der Waals surface area (Å²) in [5, 5.41) is 4.68. The van der Waals surface area contributed by atoms with Gasteiger partial charge in [-0.1, -0.05) is 72.3 Å². The number of benzene rings is 3. The fourth-order valence-corrected chi connectivity index (χ4v) is 3.91. The monoisotopic (exact) mass is 461 g/mol. The molecular formula is C26H24ClN3O3. The summed E-state index contributed by atoms with van der Waals surface area (Å²) >= 11 is 6.16. The molecule has 0 bridgehead atoms. The van der Waals surface area contributed by atoms with Crippen molar-refractivity contribution < 1.29 is 14.3 Å². The zero-order valence-electron chi connectivity index (χ0n) is 18.0. The first-order valence-electron chi connectivity index (χ1n) is 10.7. The number of carbonyl (C=O) groups excluding carboxylic acids is 2. The predicted octanol–water partition coefficient (Wildman–Crippen LogP) is 4.39. The van der Waals surface area contributed by atoms with Crippen molar-refractivity contribution in [2.45, 2.75) is 18.9 Å². The molecular weight excluding hydrogens is 438 g/mol. The van der Waals surface area contributed by atoms with Gasteiger partial charge in [0.15, 0.2) is 0 Å². The molecule has 6 nitrogen and oxygen atoms in total. The third kappa shape index (κ3) is 6.20. The van der Waals surface area contributed by atoms with E-state index in [2.05, 4.69) is 10.5 Å². The average Bonchev–Trinajstić information content (AvgIpc) is 3.19. The molecule has 1 atom stereocenters. The van der Waals surface area contributed by atoms with E-state index in [0.717, 1.165) is 16.7 Å². The Morgan fingerprint density at radius 1 is 1.09 bits per heavy atom. The van der Waals surface area contributed by atoms with E-state index < -0.39 is 0 Å². The van der Waals surface area contributed by atoms with Crippen molar-refractivity contribution in [3.05, 3.63) is 101 Å². The standard InChI is InChI=1S/C26H24ClN3O3/c27-24-12-5-4-10-21(24)18-33-23-11-6-7-19(13-23)15-28-29-25(31)17-30-16-22(14-26(30)32)20-8-2-1-3-9-20/h1-13,15,22H,14,16-18H2,(H,29,31)/b28-15-/t22-/m0/s1. The molecule has 0 aromatic heterocycles. The van der Waals surface area contributed by atoms with Crippen molar-refractivity contribution in [2.24, 2.45) is 5.10 Å². The van der Waals surface area contributed by atoms with E-state index in [4.69, 9.17) is 16.3 Å². The van der Waals surface area contributed by atoms with E-state index in [9.17, 15) is 9.59 Å². The van der Waals surface area contributed by atoms with Crippen LogP contribution in [0.25, 0.3) is 0 Å². The molecule has 7 heteroatoms. The van der Waals surface area contributed by atoms with Crippen molar-refractivity contribution in [3.8, 4) is 5.75 Å². The second-order valence-corrected chi connectivity index (χ2v) is 8.24. The number of amides is 2. The normalized spacial score (nSPS) is 15.7. The maximum atomic E-state index is 12.3. The Morgan fingerprint density at radius 2 is 1.88 bits per heavy atom. The van der Waals surface area contributed by atoms with Crippen LogP contribution in [0, 0.1) is 0 Å². The first kappa shape index (κ1) is 22.6. The summed E-state index contributed by atoms with van der Waals surface area (Å²) in [6, 6.07) is 24.8. The maximum Gasteiger partial charge on any atom is 0.259 e. The number of nitrogens with zero attached hydrogens (tertiary/aromatic N) is 2. The molecule has 2 amide bonds. The second-order valence-electron chi connectivity index (χ2n) is 7.83. The average molecular weight is 462 g/mol. The third-order valence-electron chi connectivity index (χ3n) is 5.43. The van der Waals surface area contributed by atoms with Gasteiger partial charge in [-0.15, -0.1) is 0 Å². The van der Waals surface area contributed by atoms with E-state index in [1.807, 2.05) is 78.9 Å². The van der Waals surface area contributed by atoms with Crippen molar-refractivity contribution >= 4 is 29.6 Å². The molecule has 1 aliphatic heterocycles. The molecule has 3 aromatic carbocycles. The topological polar surface area (TPSA) is 71.0 Å². The molecule has 3 aromatic rings. The van der Waals surface area contributed by atoms with Crippen LogP contribution in [-0.4, -0.2) is 36.0 Å². The van der Waals surface area contributed by atoms with Crippen LogP contribution in [-0.2, 0) is 16.2 Å². The van der Waals surface area contributed by atoms with Gasteiger partial charge < -0.3 is 9.64 Å². The minimum Gasteiger partial charge on any atom is -0.489 e. The highest BCUT2D eigenvalue weighted by Crippen LogP contribution is 2.27. The predicted molar refractivity (Wildman–Crippen MR) is 128 cm³/mol. The largest absolute Gasteiger partial charge is 0.489 e. The lowest BCUT2D eigenvalue weighted by atomic mass is 9.99. The molecule has 0 aliphatic carbocycles. The molecule has 0 radical (unpaired) electrons. The molecule has 0 spiro atoms. The third-order valence-corrected chi connectivity index (χ3v) is 5.80. The van der Waals surface area contributed by atoms with Gasteiger partial charge in [0.1, 0.15) is 18.9 Å². The van der Waals surface area contributed by atoms with Gasteiger partial charge in [-0.05, 0) is 29.3 Å². The van der Waals surface area contributed by atoms with Gasteiger partial charge in [-0.2, -0.15) is 5.10 Å². The Morgan fingerprint density at radius 3 is 2.70 bits per heavy atom. The van der Waals surface area contributed by atoms with Gasteiger partial charge in [0.2, 0.25) is 5.91 Å². The summed E-state index contributed by atoms with van der Waals surface area (Å²) < 4.78 is 5.81. The lowest BCUT2D eigenvalue weighted by Crippen LogP contribution is -2.36.